The molecule has 3 aliphatic rings. The minimum Gasteiger partial charge on any atom is -0.379 e. The molecule has 1 N–H and O–H groups in total. The highest BCUT2D eigenvalue weighted by atomic mass is 32.1. The molecule has 2 aromatic heterocycles. The van der Waals surface area contributed by atoms with Crippen molar-refractivity contribution in [2.24, 2.45) is 5.92 Å². The third-order valence-electron chi connectivity index (χ3n) is 7.09. The van der Waals surface area contributed by atoms with Gasteiger partial charge in [-0.05, 0) is 37.2 Å². The molecule has 2 aliphatic heterocycles. The highest BCUT2D eigenvalue weighted by Gasteiger charge is 2.26. The molecule has 1 atom stereocenters. The molecule has 0 amide bonds. The van der Waals surface area contributed by atoms with Gasteiger partial charge in [0.2, 0.25) is 0 Å². The molecule has 1 aliphatic carbocycles. The van der Waals surface area contributed by atoms with Gasteiger partial charge in [0.05, 0.1) is 38.4 Å². The third-order valence-corrected chi connectivity index (χ3v) is 8.28. The van der Waals surface area contributed by atoms with Gasteiger partial charge in [-0.15, -0.1) is 11.3 Å². The van der Waals surface area contributed by atoms with E-state index in [1.165, 1.54) is 39.9 Å². The van der Waals surface area contributed by atoms with Crippen LogP contribution in [0, 0.1) is 5.92 Å². The number of nitrogens with one attached hydrogen (secondary N) is 1. The topological polar surface area (TPSA) is 62.8 Å². The van der Waals surface area contributed by atoms with Crippen LogP contribution in [0.4, 0.5) is 5.82 Å². The van der Waals surface area contributed by atoms with Crippen LogP contribution < -0.4 is 5.32 Å². The van der Waals surface area contributed by atoms with E-state index in [0.717, 1.165) is 83.8 Å². The highest BCUT2D eigenvalue weighted by Crippen LogP contribution is 2.38. The first-order chi connectivity index (χ1) is 15.7. The predicted octanol–water partition coefficient (Wildman–Crippen LogP) is 3.17. The monoisotopic (exact) mass is 459 g/mol. The normalized spacial score (nSPS) is 21.7. The second-order valence-electron chi connectivity index (χ2n) is 9.61. The number of fused-ring (bicyclic) bond motifs is 3. The maximum absolute atomic E-state index is 5.59. The van der Waals surface area contributed by atoms with E-state index in [1.807, 2.05) is 11.3 Å². The summed E-state index contributed by atoms with van der Waals surface area (Å²) in [7, 11) is 0. The number of anilines is 1. The minimum atomic E-state index is 0.473. The van der Waals surface area contributed by atoms with Crippen LogP contribution in [0.25, 0.3) is 10.2 Å². The zero-order valence-corrected chi connectivity index (χ0v) is 20.4. The molecule has 5 rings (SSSR count). The third kappa shape index (κ3) is 4.94. The quantitative estimate of drug-likeness (QED) is 0.682. The lowest BCUT2D eigenvalue weighted by Gasteiger charge is -2.37. The van der Waals surface area contributed by atoms with Crippen molar-refractivity contribution in [2.75, 3.05) is 64.5 Å². The van der Waals surface area contributed by atoms with E-state index in [2.05, 4.69) is 29.0 Å². The summed E-state index contributed by atoms with van der Waals surface area (Å²) >= 11 is 1.90. The first-order valence-electron chi connectivity index (χ1n) is 12.4. The van der Waals surface area contributed by atoms with Gasteiger partial charge in [-0.2, -0.15) is 0 Å². The van der Waals surface area contributed by atoms with Crippen LogP contribution in [0.3, 0.4) is 0 Å². The Kier molecular flexibility index (Phi) is 7.23. The van der Waals surface area contributed by atoms with E-state index < -0.39 is 0 Å². The van der Waals surface area contributed by atoms with Crippen LogP contribution in [0.5, 0.6) is 0 Å². The number of aromatic nitrogens is 2. The Morgan fingerprint density at radius 1 is 0.969 bits per heavy atom. The smallest absolute Gasteiger partial charge is 0.146 e. The molecule has 4 heterocycles. The lowest BCUT2D eigenvalue weighted by molar-refractivity contribution is 0.00953. The zero-order chi connectivity index (χ0) is 21.9. The van der Waals surface area contributed by atoms with Gasteiger partial charge >= 0.3 is 0 Å². The van der Waals surface area contributed by atoms with Gasteiger partial charge in [0.1, 0.15) is 16.5 Å². The Balaban J connectivity index is 1.42. The van der Waals surface area contributed by atoms with E-state index in [0.29, 0.717) is 12.0 Å². The van der Waals surface area contributed by atoms with Crippen LogP contribution in [0.1, 0.15) is 43.0 Å². The van der Waals surface area contributed by atoms with E-state index in [1.54, 1.807) is 0 Å². The molecule has 0 spiro atoms. The average molecular weight is 460 g/mol. The molecule has 2 saturated heterocycles. The molecule has 176 valence electrons. The number of ether oxygens (including phenoxy) is 2. The van der Waals surface area contributed by atoms with Crippen molar-refractivity contribution in [2.45, 2.75) is 52.1 Å². The van der Waals surface area contributed by atoms with Gasteiger partial charge < -0.3 is 14.8 Å². The van der Waals surface area contributed by atoms with Gasteiger partial charge in [-0.3, -0.25) is 9.80 Å². The van der Waals surface area contributed by atoms with Crippen LogP contribution >= 0.6 is 11.3 Å². The van der Waals surface area contributed by atoms with Crippen molar-refractivity contribution < 1.29 is 9.47 Å². The summed E-state index contributed by atoms with van der Waals surface area (Å²) in [6.45, 7) is 13.6. The molecule has 1 unspecified atom stereocenters. The molecule has 8 heteroatoms. The number of thiophene rings is 1. The summed E-state index contributed by atoms with van der Waals surface area (Å²) in [6.07, 6.45) is 4.92. The van der Waals surface area contributed by atoms with Crippen LogP contribution in [0.15, 0.2) is 0 Å². The molecule has 32 heavy (non-hydrogen) atoms. The lowest BCUT2D eigenvalue weighted by Crippen LogP contribution is -2.49. The van der Waals surface area contributed by atoms with E-state index >= 15 is 0 Å². The second-order valence-corrected chi connectivity index (χ2v) is 10.7. The molecule has 0 saturated carbocycles. The van der Waals surface area contributed by atoms with Crippen molar-refractivity contribution in [1.29, 1.82) is 0 Å². The summed E-state index contributed by atoms with van der Waals surface area (Å²) in [4.78, 5) is 17.8. The number of nitrogens with zero attached hydrogens (tertiary/aromatic N) is 4. The second kappa shape index (κ2) is 10.3. The summed E-state index contributed by atoms with van der Waals surface area (Å²) in [6, 6.07) is 0.473. The molecule has 2 fully saturated rings. The van der Waals surface area contributed by atoms with Gasteiger partial charge in [0.25, 0.3) is 0 Å². The fraction of sp³-hybridized carbons (Fsp3) is 0.750. The van der Waals surface area contributed by atoms with Crippen molar-refractivity contribution >= 4 is 27.4 Å². The molecular formula is C24H37N5O2S. The van der Waals surface area contributed by atoms with Gasteiger partial charge in [0, 0.05) is 43.6 Å². The van der Waals surface area contributed by atoms with E-state index in [-0.39, 0.29) is 0 Å². The van der Waals surface area contributed by atoms with Gasteiger partial charge in [-0.25, -0.2) is 9.97 Å². The van der Waals surface area contributed by atoms with E-state index in [4.69, 9.17) is 19.4 Å². The Bertz CT molecular complexity index is 905. The van der Waals surface area contributed by atoms with Crippen molar-refractivity contribution in [3.8, 4) is 0 Å². The Hall–Kier alpha value is -1.32. The number of aryl methyl sites for hydroxylation is 2. The van der Waals surface area contributed by atoms with Crippen LogP contribution in [-0.4, -0.2) is 85.0 Å². The number of rotatable bonds is 7. The van der Waals surface area contributed by atoms with Crippen LogP contribution in [0.2, 0.25) is 0 Å². The average Bonchev–Trinajstić information content (AvgIpc) is 3.19. The van der Waals surface area contributed by atoms with Crippen LogP contribution in [-0.2, 0) is 28.9 Å². The molecule has 0 radical (unpaired) electrons. The van der Waals surface area contributed by atoms with Gasteiger partial charge in [-0.1, -0.05) is 13.8 Å². The largest absolute Gasteiger partial charge is 0.379 e. The van der Waals surface area contributed by atoms with Crippen molar-refractivity contribution in [1.82, 2.24) is 19.8 Å². The Labute approximate surface area is 195 Å². The van der Waals surface area contributed by atoms with E-state index in [9.17, 15) is 0 Å². The maximum atomic E-state index is 5.59. The molecule has 0 bridgehead atoms. The lowest BCUT2D eigenvalue weighted by atomic mass is 9.97. The maximum Gasteiger partial charge on any atom is 0.146 e. The Morgan fingerprint density at radius 2 is 1.69 bits per heavy atom. The van der Waals surface area contributed by atoms with Crippen molar-refractivity contribution in [3.05, 3.63) is 16.3 Å². The zero-order valence-electron chi connectivity index (χ0n) is 19.6. The summed E-state index contributed by atoms with van der Waals surface area (Å²) in [5, 5.41) is 5.10. The number of morpholine rings is 2. The summed E-state index contributed by atoms with van der Waals surface area (Å²) in [5.74, 6) is 2.56. The molecule has 0 aromatic carbocycles. The molecular weight excluding hydrogens is 422 g/mol. The highest BCUT2D eigenvalue weighted by molar-refractivity contribution is 7.19. The number of hydrogen-bond acceptors (Lipinski definition) is 8. The standard InChI is InChI=1S/C24H37N5O2S/c1-17(2)19(29-9-13-31-14-10-29)15-25-23-22-18-5-3-4-6-20(18)32-24(22)27-21(26-23)16-28-7-11-30-12-8-28/h17,19H,3-16H2,1-2H3,(H,25,26,27). The Morgan fingerprint density at radius 3 is 2.44 bits per heavy atom. The summed E-state index contributed by atoms with van der Waals surface area (Å²) in [5.41, 5.74) is 1.50. The minimum absolute atomic E-state index is 0.473. The summed E-state index contributed by atoms with van der Waals surface area (Å²) < 4.78 is 11.1. The first kappa shape index (κ1) is 22.5. The fourth-order valence-corrected chi connectivity index (χ4v) is 6.54. The van der Waals surface area contributed by atoms with Gasteiger partial charge in [0.15, 0.2) is 0 Å². The fourth-order valence-electron chi connectivity index (χ4n) is 5.26. The van der Waals surface area contributed by atoms with Crippen molar-refractivity contribution in [3.63, 3.8) is 0 Å². The first-order valence-corrected chi connectivity index (χ1v) is 13.2. The predicted molar refractivity (Wildman–Crippen MR) is 130 cm³/mol. The SMILES string of the molecule is CC(C)C(CNc1nc(CN2CCOCC2)nc2sc3c(c12)CCCC3)N1CCOCC1. The molecule has 7 nitrogen and oxygen atoms in total. The molecule has 2 aromatic rings. The number of hydrogen-bond donors (Lipinski definition) is 1.